The van der Waals surface area contributed by atoms with Gasteiger partial charge in [0.05, 0.1) is 16.5 Å². The van der Waals surface area contributed by atoms with Crippen molar-refractivity contribution in [1.29, 1.82) is 0 Å². The zero-order valence-corrected chi connectivity index (χ0v) is 40.4. The van der Waals surface area contributed by atoms with Crippen LogP contribution in [0.1, 0.15) is 69.5 Å². The second-order valence-corrected chi connectivity index (χ2v) is 20.3. The highest BCUT2D eigenvalue weighted by molar-refractivity contribution is 5.95. The third-order valence-corrected chi connectivity index (χ3v) is 16.4. The Balaban J connectivity index is 1.12. The maximum Gasteiger partial charge on any atom is 0.0728 e. The van der Waals surface area contributed by atoms with Gasteiger partial charge in [-0.25, -0.2) is 0 Å². The molecule has 11 aromatic carbocycles. The molecule has 1 nitrogen and oxygen atoms in total. The molecular weight excluding hydrogens is 867 g/mol. The summed E-state index contributed by atoms with van der Waals surface area (Å²) >= 11 is 0. The van der Waals surface area contributed by atoms with Crippen molar-refractivity contribution >= 4 is 17.1 Å². The number of anilines is 3. The lowest BCUT2D eigenvalue weighted by Crippen LogP contribution is -2.44. The van der Waals surface area contributed by atoms with Crippen LogP contribution in [0.3, 0.4) is 0 Å². The van der Waals surface area contributed by atoms with Gasteiger partial charge in [-0.3, -0.25) is 0 Å². The summed E-state index contributed by atoms with van der Waals surface area (Å²) in [5, 5.41) is 0. The van der Waals surface area contributed by atoms with Gasteiger partial charge in [0.25, 0.3) is 0 Å². The van der Waals surface area contributed by atoms with Crippen molar-refractivity contribution in [1.82, 2.24) is 0 Å². The molecule has 3 aliphatic carbocycles. The first kappa shape index (κ1) is 42.1. The summed E-state index contributed by atoms with van der Waals surface area (Å²) < 4.78 is 0. The van der Waals surface area contributed by atoms with Crippen molar-refractivity contribution in [3.8, 4) is 44.5 Å². The fourth-order valence-corrected chi connectivity index (χ4v) is 13.4. The van der Waals surface area contributed by atoms with Crippen LogP contribution >= 0.6 is 0 Å². The second kappa shape index (κ2) is 16.1. The minimum atomic E-state index is -0.774. The van der Waals surface area contributed by atoms with Crippen molar-refractivity contribution < 1.29 is 0 Å². The van der Waals surface area contributed by atoms with Gasteiger partial charge in [-0.15, -0.1) is 0 Å². The van der Waals surface area contributed by atoms with E-state index in [0.29, 0.717) is 0 Å². The number of benzene rings is 11. The number of fused-ring (bicyclic) bond motifs is 8. The number of rotatable bonds is 8. The minimum Gasteiger partial charge on any atom is -0.310 e. The highest BCUT2D eigenvalue weighted by Crippen LogP contribution is 2.67. The number of hydrogen-bond acceptors (Lipinski definition) is 1. The molecule has 72 heavy (non-hydrogen) atoms. The molecule has 0 fully saturated rings. The monoisotopic (exact) mass is 917 g/mol. The Hall–Kier alpha value is -8.78. The van der Waals surface area contributed by atoms with Crippen LogP contribution < -0.4 is 4.90 Å². The van der Waals surface area contributed by atoms with Gasteiger partial charge in [-0.05, 0) is 137 Å². The largest absolute Gasteiger partial charge is 0.310 e. The fraction of sp³-hybridized carbons (Fsp3) is 0.0704. The van der Waals surface area contributed by atoms with Crippen LogP contribution in [0.25, 0.3) is 44.5 Å². The van der Waals surface area contributed by atoms with Gasteiger partial charge in [0, 0.05) is 16.8 Å². The topological polar surface area (TPSA) is 3.24 Å². The van der Waals surface area contributed by atoms with E-state index >= 15 is 0 Å². The van der Waals surface area contributed by atoms with Gasteiger partial charge in [0.1, 0.15) is 0 Å². The van der Waals surface area contributed by atoms with Gasteiger partial charge >= 0.3 is 0 Å². The molecular formula is C71H51N. The fourth-order valence-electron chi connectivity index (χ4n) is 13.4. The standard InChI is InChI=1S/C71H51N/c1-69(2)60-35-17-15-32-56(60)58-43-42-54(47-66(58)69)72(55-45-50(48-24-7-3-8-25-48)44-51(46-55)49-26-9-4-10-27-49)67-41-22-21-39-64(67)70(52-28-11-5-12-29-52)62-37-19-20-38-63(62)71(53-30-13-6-14-31-53)61-36-18-16-33-57(61)59-34-23-40-65(70)68(59)71/h3-47H,1-2H3. The summed E-state index contributed by atoms with van der Waals surface area (Å²) in [5.74, 6) is 0. The normalized spacial score (nSPS) is 17.2. The molecule has 0 aliphatic heterocycles. The number of nitrogens with zero attached hydrogens (tertiary/aromatic N) is 1. The molecule has 14 rings (SSSR count). The Morgan fingerprint density at radius 2 is 0.708 bits per heavy atom. The van der Waals surface area contributed by atoms with E-state index in [2.05, 4.69) is 292 Å². The first-order chi connectivity index (χ1) is 35.5. The quantitative estimate of drug-likeness (QED) is 0.147. The molecule has 0 heterocycles. The number of hydrogen-bond donors (Lipinski definition) is 0. The van der Waals surface area contributed by atoms with Crippen LogP contribution in [-0.2, 0) is 16.2 Å². The van der Waals surface area contributed by atoms with E-state index in [9.17, 15) is 0 Å². The molecule has 1 heteroatoms. The first-order valence-corrected chi connectivity index (χ1v) is 25.3. The summed E-state index contributed by atoms with van der Waals surface area (Å²) in [5.41, 5.74) is 24.6. The zero-order valence-electron chi connectivity index (χ0n) is 40.4. The molecule has 3 aliphatic rings. The molecule has 2 atom stereocenters. The van der Waals surface area contributed by atoms with Crippen LogP contribution in [0, 0.1) is 0 Å². The SMILES string of the molecule is CC1(C)c2ccccc2-c2ccc(N(c3cc(-c4ccccc4)cc(-c4ccccc4)c3)c3ccccc3C3(c4ccccc4)c4ccccc4C4(c5ccccc5)c5ccccc5-c5cccc3c54)cc21. The highest BCUT2D eigenvalue weighted by Gasteiger charge is 2.58. The Labute approximate surface area is 423 Å². The predicted molar refractivity (Wildman–Crippen MR) is 299 cm³/mol. The van der Waals surface area contributed by atoms with Gasteiger partial charge in [-0.2, -0.15) is 0 Å². The molecule has 340 valence electrons. The molecule has 0 spiro atoms. The first-order valence-electron chi connectivity index (χ1n) is 25.3. The van der Waals surface area contributed by atoms with Crippen LogP contribution in [0.4, 0.5) is 17.1 Å². The Bertz CT molecular complexity index is 3830. The molecule has 2 unspecified atom stereocenters. The summed E-state index contributed by atoms with van der Waals surface area (Å²) in [6.45, 7) is 4.78. The average molecular weight is 918 g/mol. The maximum absolute atomic E-state index is 2.58. The van der Waals surface area contributed by atoms with Crippen molar-refractivity contribution in [3.05, 3.63) is 329 Å². The number of para-hydroxylation sites is 1. The summed E-state index contributed by atoms with van der Waals surface area (Å²) in [4.78, 5) is 2.58. The Kier molecular flexibility index (Phi) is 9.44. The van der Waals surface area contributed by atoms with E-state index in [1.165, 1.54) is 89.0 Å². The van der Waals surface area contributed by atoms with E-state index in [-0.39, 0.29) is 5.41 Å². The van der Waals surface area contributed by atoms with Crippen LogP contribution in [0.2, 0.25) is 0 Å². The molecule has 0 amide bonds. The lowest BCUT2D eigenvalue weighted by molar-refractivity contribution is 0.627. The van der Waals surface area contributed by atoms with Gasteiger partial charge in [-0.1, -0.05) is 250 Å². The molecule has 11 aromatic rings. The van der Waals surface area contributed by atoms with Crippen LogP contribution in [0.5, 0.6) is 0 Å². The molecule has 0 aromatic heterocycles. The lowest BCUT2D eigenvalue weighted by Gasteiger charge is -2.50. The van der Waals surface area contributed by atoms with E-state index in [4.69, 9.17) is 0 Å². The predicted octanol–water partition coefficient (Wildman–Crippen LogP) is 17.9. The van der Waals surface area contributed by atoms with Crippen LogP contribution in [0.15, 0.2) is 273 Å². The molecule has 0 saturated carbocycles. The minimum absolute atomic E-state index is 0.206. The Morgan fingerprint density at radius 1 is 0.264 bits per heavy atom. The van der Waals surface area contributed by atoms with Crippen molar-refractivity contribution in [2.75, 3.05) is 4.90 Å². The molecule has 0 radical (unpaired) electrons. The lowest BCUT2D eigenvalue weighted by atomic mass is 9.51. The van der Waals surface area contributed by atoms with Crippen molar-refractivity contribution in [2.45, 2.75) is 30.1 Å². The third kappa shape index (κ3) is 5.89. The third-order valence-electron chi connectivity index (χ3n) is 16.4. The molecule has 0 bridgehead atoms. The van der Waals surface area contributed by atoms with Gasteiger partial charge in [0.2, 0.25) is 0 Å². The molecule has 0 saturated heterocycles. The van der Waals surface area contributed by atoms with Crippen molar-refractivity contribution in [3.63, 3.8) is 0 Å². The zero-order chi connectivity index (χ0) is 48.0. The Morgan fingerprint density at radius 3 is 1.33 bits per heavy atom. The van der Waals surface area contributed by atoms with Crippen molar-refractivity contribution in [2.24, 2.45) is 0 Å². The van der Waals surface area contributed by atoms with Crippen LogP contribution in [-0.4, -0.2) is 0 Å². The summed E-state index contributed by atoms with van der Waals surface area (Å²) in [6.07, 6.45) is 0. The van der Waals surface area contributed by atoms with E-state index < -0.39 is 10.8 Å². The van der Waals surface area contributed by atoms with E-state index in [0.717, 1.165) is 28.2 Å². The highest BCUT2D eigenvalue weighted by atomic mass is 15.1. The smallest absolute Gasteiger partial charge is 0.0728 e. The maximum atomic E-state index is 2.58. The molecule has 0 N–H and O–H groups in total. The van der Waals surface area contributed by atoms with E-state index in [1.54, 1.807) is 0 Å². The summed E-state index contributed by atoms with van der Waals surface area (Å²) in [6, 6.07) is 103. The second-order valence-electron chi connectivity index (χ2n) is 20.3. The average Bonchev–Trinajstić information content (AvgIpc) is 3.88. The van der Waals surface area contributed by atoms with Gasteiger partial charge < -0.3 is 4.90 Å². The van der Waals surface area contributed by atoms with E-state index in [1.807, 2.05) is 0 Å². The van der Waals surface area contributed by atoms with Gasteiger partial charge in [0.15, 0.2) is 0 Å². The summed E-state index contributed by atoms with van der Waals surface area (Å²) in [7, 11) is 0.